The SMILES string of the molecule is CC1(N=C(NO)c2nonc2N)Cc2ccccc21. The number of hydrogen-bond acceptors (Lipinski definition) is 6. The van der Waals surface area contributed by atoms with Crippen LogP contribution in [0.3, 0.4) is 0 Å². The third-order valence-electron chi connectivity index (χ3n) is 3.33. The van der Waals surface area contributed by atoms with Crippen molar-refractivity contribution < 1.29 is 9.84 Å². The van der Waals surface area contributed by atoms with Crippen LogP contribution in [0.5, 0.6) is 0 Å². The Morgan fingerprint density at radius 3 is 2.89 bits per heavy atom. The number of nitrogen functional groups attached to an aromatic ring is 1. The van der Waals surface area contributed by atoms with E-state index in [4.69, 9.17) is 5.73 Å². The molecule has 98 valence electrons. The lowest BCUT2D eigenvalue weighted by Gasteiger charge is -2.38. The minimum Gasteiger partial charge on any atom is -0.379 e. The number of nitrogens with two attached hydrogens (primary N) is 1. The Kier molecular flexibility index (Phi) is 2.49. The molecule has 0 amide bonds. The summed E-state index contributed by atoms with van der Waals surface area (Å²) < 4.78 is 4.51. The largest absolute Gasteiger partial charge is 0.379 e. The molecule has 0 aliphatic heterocycles. The number of nitrogens with one attached hydrogen (secondary N) is 1. The molecule has 0 saturated carbocycles. The number of hydrogen-bond donors (Lipinski definition) is 3. The molecule has 0 saturated heterocycles. The minimum absolute atomic E-state index is 0.0801. The van der Waals surface area contributed by atoms with Crippen molar-refractivity contribution in [1.82, 2.24) is 15.8 Å². The summed E-state index contributed by atoms with van der Waals surface area (Å²) in [5.74, 6) is 0.229. The zero-order valence-corrected chi connectivity index (χ0v) is 10.3. The van der Waals surface area contributed by atoms with Crippen molar-refractivity contribution in [2.75, 3.05) is 5.73 Å². The third-order valence-corrected chi connectivity index (χ3v) is 3.33. The van der Waals surface area contributed by atoms with Gasteiger partial charge in [-0.2, -0.15) is 0 Å². The first-order valence-electron chi connectivity index (χ1n) is 5.81. The normalized spacial score (nSPS) is 21.7. The Bertz CT molecular complexity index is 651. The zero-order chi connectivity index (χ0) is 13.5. The number of hydroxylamine groups is 1. The van der Waals surface area contributed by atoms with E-state index in [1.165, 1.54) is 5.56 Å². The molecule has 2 aromatic rings. The molecule has 1 aliphatic carbocycles. The predicted octanol–water partition coefficient (Wildman–Crippen LogP) is 0.849. The highest BCUT2D eigenvalue weighted by Gasteiger charge is 2.38. The van der Waals surface area contributed by atoms with Gasteiger partial charge in [0.15, 0.2) is 17.3 Å². The summed E-state index contributed by atoms with van der Waals surface area (Å²) in [4.78, 5) is 4.49. The van der Waals surface area contributed by atoms with E-state index in [2.05, 4.69) is 26.0 Å². The molecule has 1 aliphatic rings. The van der Waals surface area contributed by atoms with Gasteiger partial charge in [0.2, 0.25) is 0 Å². The van der Waals surface area contributed by atoms with E-state index in [0.29, 0.717) is 0 Å². The molecule has 1 aromatic carbocycles. The van der Waals surface area contributed by atoms with Crippen LogP contribution in [0.25, 0.3) is 0 Å². The van der Waals surface area contributed by atoms with E-state index in [1.807, 2.05) is 30.6 Å². The second-order valence-corrected chi connectivity index (χ2v) is 4.68. The molecule has 3 rings (SSSR count). The van der Waals surface area contributed by atoms with E-state index < -0.39 is 5.54 Å². The lowest BCUT2D eigenvalue weighted by Crippen LogP contribution is -2.37. The smallest absolute Gasteiger partial charge is 0.199 e. The molecule has 1 unspecified atom stereocenters. The third kappa shape index (κ3) is 1.75. The molecule has 7 nitrogen and oxygen atoms in total. The second-order valence-electron chi connectivity index (χ2n) is 4.68. The van der Waals surface area contributed by atoms with Gasteiger partial charge in [0.05, 0.1) is 5.54 Å². The molecular formula is C12H13N5O2. The minimum atomic E-state index is -0.410. The first-order valence-corrected chi connectivity index (χ1v) is 5.81. The Morgan fingerprint density at radius 2 is 2.26 bits per heavy atom. The maximum atomic E-state index is 9.21. The monoisotopic (exact) mass is 259 g/mol. The topological polar surface area (TPSA) is 110 Å². The average molecular weight is 259 g/mol. The molecule has 7 heteroatoms. The predicted molar refractivity (Wildman–Crippen MR) is 67.7 cm³/mol. The van der Waals surface area contributed by atoms with Gasteiger partial charge in [0.1, 0.15) is 0 Å². The molecule has 0 radical (unpaired) electrons. The summed E-state index contributed by atoms with van der Waals surface area (Å²) in [6, 6.07) is 8.03. The average Bonchev–Trinajstić information content (AvgIpc) is 2.81. The Labute approximate surface area is 109 Å². The van der Waals surface area contributed by atoms with Gasteiger partial charge in [-0.3, -0.25) is 15.7 Å². The standard InChI is InChI=1S/C12H13N5O2/c1-12(6-7-4-2-3-5-8(7)12)14-11(15-18)9-10(13)17-19-16-9/h2-5,18H,6H2,1H3,(H2,13,17)(H,14,15). The van der Waals surface area contributed by atoms with Crippen LogP contribution in [0.2, 0.25) is 0 Å². The highest BCUT2D eigenvalue weighted by Crippen LogP contribution is 2.42. The number of anilines is 1. The van der Waals surface area contributed by atoms with E-state index in [0.717, 1.165) is 12.0 Å². The molecule has 0 bridgehead atoms. The van der Waals surface area contributed by atoms with E-state index in [9.17, 15) is 5.21 Å². The molecule has 1 heterocycles. The summed E-state index contributed by atoms with van der Waals surface area (Å²) in [6.07, 6.45) is 0.791. The van der Waals surface area contributed by atoms with Crippen molar-refractivity contribution in [2.45, 2.75) is 18.9 Å². The quantitative estimate of drug-likeness (QED) is 0.419. The Hall–Kier alpha value is -2.41. The molecule has 0 spiro atoms. The van der Waals surface area contributed by atoms with Crippen molar-refractivity contribution in [3.8, 4) is 0 Å². The fourth-order valence-corrected chi connectivity index (χ4v) is 2.40. The van der Waals surface area contributed by atoms with E-state index in [-0.39, 0.29) is 17.3 Å². The van der Waals surface area contributed by atoms with E-state index in [1.54, 1.807) is 0 Å². The van der Waals surface area contributed by atoms with Crippen LogP contribution >= 0.6 is 0 Å². The molecule has 0 fully saturated rings. The van der Waals surface area contributed by atoms with Gasteiger partial charge in [0, 0.05) is 6.42 Å². The fourth-order valence-electron chi connectivity index (χ4n) is 2.40. The Morgan fingerprint density at radius 1 is 1.47 bits per heavy atom. The van der Waals surface area contributed by atoms with Crippen molar-refractivity contribution >= 4 is 11.7 Å². The van der Waals surface area contributed by atoms with Crippen LogP contribution in [0.1, 0.15) is 23.7 Å². The zero-order valence-electron chi connectivity index (χ0n) is 10.3. The van der Waals surface area contributed by atoms with Gasteiger partial charge in [-0.05, 0) is 28.4 Å². The Balaban J connectivity index is 2.00. The van der Waals surface area contributed by atoms with Gasteiger partial charge in [-0.1, -0.05) is 24.3 Å². The fraction of sp³-hybridized carbons (Fsp3) is 0.250. The number of aromatic nitrogens is 2. The van der Waals surface area contributed by atoms with Gasteiger partial charge < -0.3 is 5.73 Å². The van der Waals surface area contributed by atoms with Crippen molar-refractivity contribution in [3.05, 3.63) is 41.1 Å². The van der Waals surface area contributed by atoms with Crippen LogP contribution in [0.15, 0.2) is 33.9 Å². The van der Waals surface area contributed by atoms with Crippen molar-refractivity contribution in [2.24, 2.45) is 4.99 Å². The molecular weight excluding hydrogens is 246 g/mol. The number of benzene rings is 1. The maximum Gasteiger partial charge on any atom is 0.199 e. The van der Waals surface area contributed by atoms with Crippen molar-refractivity contribution in [3.63, 3.8) is 0 Å². The highest BCUT2D eigenvalue weighted by atomic mass is 16.6. The first kappa shape index (κ1) is 11.7. The molecule has 19 heavy (non-hydrogen) atoms. The van der Waals surface area contributed by atoms with Crippen LogP contribution in [-0.2, 0) is 12.0 Å². The summed E-state index contributed by atoms with van der Waals surface area (Å²) in [5.41, 5.74) is 9.76. The lowest BCUT2D eigenvalue weighted by atomic mass is 9.72. The summed E-state index contributed by atoms with van der Waals surface area (Å²) >= 11 is 0. The van der Waals surface area contributed by atoms with Crippen LogP contribution in [-0.4, -0.2) is 21.4 Å². The second kappa shape index (κ2) is 4.06. The van der Waals surface area contributed by atoms with E-state index >= 15 is 0 Å². The molecule has 1 aromatic heterocycles. The van der Waals surface area contributed by atoms with Crippen LogP contribution in [0, 0.1) is 0 Å². The van der Waals surface area contributed by atoms with Crippen molar-refractivity contribution in [1.29, 1.82) is 0 Å². The van der Waals surface area contributed by atoms with Crippen LogP contribution in [0.4, 0.5) is 5.82 Å². The van der Waals surface area contributed by atoms with Gasteiger partial charge >= 0.3 is 0 Å². The molecule has 4 N–H and O–H groups in total. The number of nitrogens with zero attached hydrogens (tertiary/aromatic N) is 3. The van der Waals surface area contributed by atoms with Gasteiger partial charge in [0.25, 0.3) is 0 Å². The number of rotatable bonds is 2. The maximum absolute atomic E-state index is 9.21. The van der Waals surface area contributed by atoms with Gasteiger partial charge in [-0.15, -0.1) is 0 Å². The van der Waals surface area contributed by atoms with Crippen LogP contribution < -0.4 is 11.2 Å². The highest BCUT2D eigenvalue weighted by molar-refractivity contribution is 6.00. The lowest BCUT2D eigenvalue weighted by molar-refractivity contribution is 0.231. The first-order chi connectivity index (χ1) is 9.14. The summed E-state index contributed by atoms with van der Waals surface area (Å²) in [5, 5.41) is 16.3. The summed E-state index contributed by atoms with van der Waals surface area (Å²) in [6.45, 7) is 1.98. The number of fused-ring (bicyclic) bond motifs is 1. The van der Waals surface area contributed by atoms with Gasteiger partial charge in [-0.25, -0.2) is 4.63 Å². The number of aliphatic imine (C=N–C) groups is 1. The molecule has 1 atom stereocenters. The number of amidine groups is 1. The summed E-state index contributed by atoms with van der Waals surface area (Å²) in [7, 11) is 0.